The Morgan fingerprint density at radius 2 is 2.00 bits per heavy atom. The van der Waals surface area contributed by atoms with Crippen LogP contribution in [0.4, 0.5) is 5.69 Å². The van der Waals surface area contributed by atoms with Gasteiger partial charge in [0.1, 0.15) is 5.75 Å². The van der Waals surface area contributed by atoms with Gasteiger partial charge in [0.2, 0.25) is 5.91 Å². The topological polar surface area (TPSA) is 50.4 Å². The first-order chi connectivity index (χ1) is 9.27. The average molecular weight is 264 g/mol. The van der Waals surface area contributed by atoms with Crippen molar-refractivity contribution in [2.45, 2.75) is 33.1 Å². The highest BCUT2D eigenvalue weighted by Crippen LogP contribution is 2.23. The molecular formula is C15H24N2O2. The van der Waals surface area contributed by atoms with Crippen molar-refractivity contribution in [3.05, 3.63) is 24.3 Å². The number of amides is 1. The molecule has 0 unspecified atom stereocenters. The largest absolute Gasteiger partial charge is 0.492 e. The lowest BCUT2D eigenvalue weighted by molar-refractivity contribution is -0.119. The maximum absolute atomic E-state index is 11.6. The van der Waals surface area contributed by atoms with Gasteiger partial charge in [0.25, 0.3) is 0 Å². The van der Waals surface area contributed by atoms with Gasteiger partial charge in [-0.2, -0.15) is 0 Å². The quantitative estimate of drug-likeness (QED) is 0.674. The highest BCUT2D eigenvalue weighted by Gasteiger charge is 2.04. The predicted octanol–water partition coefficient (Wildman–Crippen LogP) is 2.80. The van der Waals surface area contributed by atoms with E-state index in [4.69, 9.17) is 4.74 Å². The minimum atomic E-state index is 0.0161. The van der Waals surface area contributed by atoms with Crippen LogP contribution in [-0.2, 0) is 4.79 Å². The molecule has 1 aromatic rings. The summed E-state index contributed by atoms with van der Waals surface area (Å²) in [4.78, 5) is 11.6. The zero-order chi connectivity index (χ0) is 13.9. The fourth-order valence-electron chi connectivity index (χ4n) is 1.73. The predicted molar refractivity (Wildman–Crippen MR) is 78.6 cm³/mol. The monoisotopic (exact) mass is 264 g/mol. The molecule has 0 fully saturated rings. The fourth-order valence-corrected chi connectivity index (χ4v) is 1.73. The van der Waals surface area contributed by atoms with Crippen molar-refractivity contribution in [1.82, 2.24) is 5.32 Å². The molecule has 0 spiro atoms. The van der Waals surface area contributed by atoms with Crippen LogP contribution in [0.2, 0.25) is 0 Å². The summed E-state index contributed by atoms with van der Waals surface area (Å²) in [5, 5.41) is 6.00. The normalized spacial score (nSPS) is 10.0. The lowest BCUT2D eigenvalue weighted by Gasteiger charge is -2.12. The summed E-state index contributed by atoms with van der Waals surface area (Å²) < 4.78 is 5.49. The van der Waals surface area contributed by atoms with Crippen LogP contribution in [0.15, 0.2) is 24.3 Å². The van der Waals surface area contributed by atoms with Crippen molar-refractivity contribution < 1.29 is 9.53 Å². The maximum Gasteiger partial charge on any atom is 0.239 e. The van der Waals surface area contributed by atoms with Crippen molar-refractivity contribution in [3.8, 4) is 5.75 Å². The highest BCUT2D eigenvalue weighted by atomic mass is 16.5. The van der Waals surface area contributed by atoms with E-state index in [2.05, 4.69) is 17.6 Å². The molecule has 0 heterocycles. The highest BCUT2D eigenvalue weighted by molar-refractivity contribution is 5.81. The number of rotatable bonds is 9. The molecule has 1 aromatic carbocycles. The van der Waals surface area contributed by atoms with Crippen molar-refractivity contribution in [3.63, 3.8) is 0 Å². The summed E-state index contributed by atoms with van der Waals surface area (Å²) in [7, 11) is 0. The lowest BCUT2D eigenvalue weighted by Crippen LogP contribution is -2.30. The first-order valence-electron chi connectivity index (χ1n) is 7.00. The zero-order valence-electron chi connectivity index (χ0n) is 11.9. The number of hydrogen-bond donors (Lipinski definition) is 2. The molecule has 0 aromatic heterocycles. The third-order valence-electron chi connectivity index (χ3n) is 2.73. The molecule has 1 amide bonds. The zero-order valence-corrected chi connectivity index (χ0v) is 11.9. The second-order valence-corrected chi connectivity index (χ2v) is 4.34. The Morgan fingerprint density at radius 1 is 1.21 bits per heavy atom. The molecule has 0 radical (unpaired) electrons. The first-order valence-corrected chi connectivity index (χ1v) is 7.00. The summed E-state index contributed by atoms with van der Waals surface area (Å²) in [5.74, 6) is 0.797. The number of anilines is 1. The van der Waals surface area contributed by atoms with E-state index in [0.717, 1.165) is 37.2 Å². The van der Waals surface area contributed by atoms with Gasteiger partial charge < -0.3 is 15.4 Å². The van der Waals surface area contributed by atoms with Gasteiger partial charge in [-0.05, 0) is 25.5 Å². The Morgan fingerprint density at radius 3 is 2.74 bits per heavy atom. The van der Waals surface area contributed by atoms with Gasteiger partial charge in [0, 0.05) is 6.54 Å². The van der Waals surface area contributed by atoms with E-state index in [9.17, 15) is 4.79 Å². The standard InChI is InChI=1S/C15H24N2O2/c1-3-5-8-11-16-15(18)12-17-13-9-6-7-10-14(13)19-4-2/h6-7,9-10,17H,3-5,8,11-12H2,1-2H3,(H,16,18). The van der Waals surface area contributed by atoms with E-state index in [1.54, 1.807) is 0 Å². The third kappa shape index (κ3) is 6.13. The molecule has 0 saturated heterocycles. The fraction of sp³-hybridized carbons (Fsp3) is 0.533. The van der Waals surface area contributed by atoms with Gasteiger partial charge in [0.05, 0.1) is 18.8 Å². The summed E-state index contributed by atoms with van der Waals surface area (Å²) in [6.45, 7) is 5.73. The number of nitrogens with one attached hydrogen (secondary N) is 2. The maximum atomic E-state index is 11.6. The SMILES string of the molecule is CCCCCNC(=O)CNc1ccccc1OCC. The number of hydrogen-bond acceptors (Lipinski definition) is 3. The van der Waals surface area contributed by atoms with Crippen LogP contribution >= 0.6 is 0 Å². The molecular weight excluding hydrogens is 240 g/mol. The second kappa shape index (κ2) is 9.25. The Labute approximate surface area is 115 Å². The van der Waals surface area contributed by atoms with E-state index < -0.39 is 0 Å². The molecule has 0 aliphatic carbocycles. The van der Waals surface area contributed by atoms with Gasteiger partial charge in [0.15, 0.2) is 0 Å². The van der Waals surface area contributed by atoms with E-state index in [-0.39, 0.29) is 12.5 Å². The number of unbranched alkanes of at least 4 members (excludes halogenated alkanes) is 2. The molecule has 19 heavy (non-hydrogen) atoms. The van der Waals surface area contributed by atoms with Crippen molar-refractivity contribution >= 4 is 11.6 Å². The Hall–Kier alpha value is -1.71. The van der Waals surface area contributed by atoms with Crippen LogP contribution in [-0.4, -0.2) is 25.6 Å². The average Bonchev–Trinajstić information content (AvgIpc) is 2.43. The molecule has 2 N–H and O–H groups in total. The van der Waals surface area contributed by atoms with Gasteiger partial charge in [-0.3, -0.25) is 4.79 Å². The number of carbonyl (C=O) groups is 1. The van der Waals surface area contributed by atoms with E-state index in [1.165, 1.54) is 0 Å². The number of carbonyl (C=O) groups excluding carboxylic acids is 1. The molecule has 0 saturated carbocycles. The van der Waals surface area contributed by atoms with Crippen LogP contribution < -0.4 is 15.4 Å². The molecule has 106 valence electrons. The lowest BCUT2D eigenvalue weighted by atomic mass is 10.2. The second-order valence-electron chi connectivity index (χ2n) is 4.34. The Balaban J connectivity index is 2.33. The van der Waals surface area contributed by atoms with Crippen LogP contribution in [0.1, 0.15) is 33.1 Å². The van der Waals surface area contributed by atoms with E-state index in [0.29, 0.717) is 6.61 Å². The van der Waals surface area contributed by atoms with Crippen LogP contribution in [0, 0.1) is 0 Å². The Bertz CT molecular complexity index is 380. The van der Waals surface area contributed by atoms with Gasteiger partial charge in [-0.1, -0.05) is 31.9 Å². The smallest absolute Gasteiger partial charge is 0.239 e. The minimum Gasteiger partial charge on any atom is -0.492 e. The van der Waals surface area contributed by atoms with Crippen LogP contribution in [0.5, 0.6) is 5.75 Å². The molecule has 4 heteroatoms. The van der Waals surface area contributed by atoms with E-state index in [1.807, 2.05) is 31.2 Å². The number of benzene rings is 1. The van der Waals surface area contributed by atoms with Crippen LogP contribution in [0.3, 0.4) is 0 Å². The van der Waals surface area contributed by atoms with Gasteiger partial charge in [-0.25, -0.2) is 0 Å². The van der Waals surface area contributed by atoms with Crippen molar-refractivity contribution in [2.24, 2.45) is 0 Å². The van der Waals surface area contributed by atoms with Crippen LogP contribution in [0.25, 0.3) is 0 Å². The van der Waals surface area contributed by atoms with Gasteiger partial charge >= 0.3 is 0 Å². The molecule has 0 aliphatic heterocycles. The molecule has 0 aliphatic rings. The molecule has 4 nitrogen and oxygen atoms in total. The van der Waals surface area contributed by atoms with Crippen molar-refractivity contribution in [1.29, 1.82) is 0 Å². The number of ether oxygens (including phenoxy) is 1. The number of para-hydroxylation sites is 2. The summed E-state index contributed by atoms with van der Waals surface area (Å²) >= 11 is 0. The summed E-state index contributed by atoms with van der Waals surface area (Å²) in [6, 6.07) is 7.64. The molecule has 1 rings (SSSR count). The summed E-state index contributed by atoms with van der Waals surface area (Å²) in [5.41, 5.74) is 0.855. The van der Waals surface area contributed by atoms with E-state index >= 15 is 0 Å². The molecule has 0 bridgehead atoms. The van der Waals surface area contributed by atoms with Crippen molar-refractivity contribution in [2.75, 3.05) is 25.0 Å². The third-order valence-corrected chi connectivity index (χ3v) is 2.73. The minimum absolute atomic E-state index is 0.0161. The van der Waals surface area contributed by atoms with Gasteiger partial charge in [-0.15, -0.1) is 0 Å². The molecule has 0 atom stereocenters. The first kappa shape index (κ1) is 15.3. The summed E-state index contributed by atoms with van der Waals surface area (Å²) in [6.07, 6.45) is 3.36. The Kier molecular flexibility index (Phi) is 7.47.